The third-order valence-electron chi connectivity index (χ3n) is 3.63. The molecular weight excluding hydrogens is 261 g/mol. The van der Waals surface area contributed by atoms with Gasteiger partial charge in [0.1, 0.15) is 11.6 Å². The largest absolute Gasteiger partial charge is 0.481 e. The highest BCUT2D eigenvalue weighted by atomic mass is 19.1. The monoisotopic (exact) mass is 281 g/mol. The number of nitrogens with zero attached hydrogens (tertiary/aromatic N) is 1. The number of hydrogen-bond acceptors (Lipinski definition) is 3. The van der Waals surface area contributed by atoms with Crippen molar-refractivity contribution in [2.45, 2.75) is 32.5 Å². The second kappa shape index (κ2) is 6.22. The van der Waals surface area contributed by atoms with Crippen molar-refractivity contribution < 1.29 is 19.0 Å². The average Bonchev–Trinajstić information content (AvgIpc) is 2.41. The summed E-state index contributed by atoms with van der Waals surface area (Å²) in [6.07, 6.45) is -0.433. The summed E-state index contributed by atoms with van der Waals surface area (Å²) in [5.41, 5.74) is 0. The highest BCUT2D eigenvalue weighted by Gasteiger charge is 2.30. The van der Waals surface area contributed by atoms with Crippen LogP contribution in [-0.4, -0.2) is 41.2 Å². The van der Waals surface area contributed by atoms with E-state index in [4.69, 9.17) is 4.74 Å². The molecule has 1 aromatic rings. The Hall–Kier alpha value is -1.62. The predicted molar refractivity (Wildman–Crippen MR) is 72.9 cm³/mol. The zero-order valence-corrected chi connectivity index (χ0v) is 11.8. The van der Waals surface area contributed by atoms with Crippen LogP contribution in [0.15, 0.2) is 24.3 Å². The number of likely N-dealkylation sites (tertiary alicyclic amines) is 1. The van der Waals surface area contributed by atoms with Gasteiger partial charge in [0, 0.05) is 19.2 Å². The summed E-state index contributed by atoms with van der Waals surface area (Å²) in [6.45, 7) is 4.63. The van der Waals surface area contributed by atoms with E-state index in [0.29, 0.717) is 25.3 Å². The van der Waals surface area contributed by atoms with Crippen LogP contribution in [0.25, 0.3) is 0 Å². The minimum absolute atomic E-state index is 0.0640. The molecule has 1 heterocycles. The molecule has 1 saturated heterocycles. The Morgan fingerprint density at radius 3 is 2.95 bits per heavy atom. The molecule has 1 aromatic carbocycles. The summed E-state index contributed by atoms with van der Waals surface area (Å²) in [5.74, 6) is -0.116. The van der Waals surface area contributed by atoms with Gasteiger partial charge in [-0.3, -0.25) is 4.79 Å². The Morgan fingerprint density at radius 2 is 2.30 bits per heavy atom. The number of ether oxygens (including phenoxy) is 1. The van der Waals surface area contributed by atoms with Crippen molar-refractivity contribution in [2.24, 2.45) is 5.92 Å². The molecule has 0 bridgehead atoms. The minimum Gasteiger partial charge on any atom is -0.481 e. The predicted octanol–water partition coefficient (Wildman–Crippen LogP) is 1.82. The van der Waals surface area contributed by atoms with Crippen molar-refractivity contribution in [1.29, 1.82) is 0 Å². The number of aliphatic hydroxyl groups excluding tert-OH is 1. The molecule has 4 nitrogen and oxygen atoms in total. The summed E-state index contributed by atoms with van der Waals surface area (Å²) in [4.78, 5) is 14.0. The molecule has 5 heteroatoms. The Labute approximate surface area is 118 Å². The zero-order valence-electron chi connectivity index (χ0n) is 11.8. The van der Waals surface area contributed by atoms with Gasteiger partial charge in [0.2, 0.25) is 0 Å². The smallest absolute Gasteiger partial charge is 0.263 e. The van der Waals surface area contributed by atoms with Crippen LogP contribution in [-0.2, 0) is 4.79 Å². The number of carbonyl (C=O) groups is 1. The van der Waals surface area contributed by atoms with Gasteiger partial charge in [0.05, 0.1) is 6.10 Å². The van der Waals surface area contributed by atoms with E-state index in [9.17, 15) is 14.3 Å². The van der Waals surface area contributed by atoms with Gasteiger partial charge in [-0.2, -0.15) is 0 Å². The fourth-order valence-corrected chi connectivity index (χ4v) is 2.39. The van der Waals surface area contributed by atoms with E-state index >= 15 is 0 Å². The van der Waals surface area contributed by atoms with E-state index in [1.54, 1.807) is 24.0 Å². The van der Waals surface area contributed by atoms with Crippen molar-refractivity contribution in [2.75, 3.05) is 13.1 Å². The number of hydrogen-bond donors (Lipinski definition) is 1. The first-order valence-corrected chi connectivity index (χ1v) is 6.86. The molecule has 0 saturated carbocycles. The molecular formula is C15H20FNO3. The molecule has 1 aliphatic rings. The number of halogens is 1. The molecule has 1 aliphatic heterocycles. The molecule has 3 atom stereocenters. The molecule has 1 amide bonds. The van der Waals surface area contributed by atoms with Gasteiger partial charge in [-0.1, -0.05) is 13.0 Å². The molecule has 1 fully saturated rings. The van der Waals surface area contributed by atoms with Crippen molar-refractivity contribution >= 4 is 5.91 Å². The summed E-state index contributed by atoms with van der Waals surface area (Å²) in [5, 5.41) is 9.67. The maximum absolute atomic E-state index is 13.1. The third kappa shape index (κ3) is 3.48. The van der Waals surface area contributed by atoms with Crippen molar-refractivity contribution in [3.63, 3.8) is 0 Å². The summed E-state index contributed by atoms with van der Waals surface area (Å²) < 4.78 is 18.5. The van der Waals surface area contributed by atoms with E-state index in [0.717, 1.165) is 0 Å². The van der Waals surface area contributed by atoms with E-state index in [-0.39, 0.29) is 17.9 Å². The lowest BCUT2D eigenvalue weighted by Gasteiger charge is -2.35. The molecule has 0 spiro atoms. The van der Waals surface area contributed by atoms with Crippen LogP contribution in [0.2, 0.25) is 0 Å². The lowest BCUT2D eigenvalue weighted by Crippen LogP contribution is -2.49. The Morgan fingerprint density at radius 1 is 1.55 bits per heavy atom. The van der Waals surface area contributed by atoms with Crippen LogP contribution in [0, 0.1) is 11.7 Å². The summed E-state index contributed by atoms with van der Waals surface area (Å²) in [6, 6.07) is 5.75. The van der Waals surface area contributed by atoms with Crippen molar-refractivity contribution in [3.05, 3.63) is 30.1 Å². The Bertz CT molecular complexity index is 480. The summed E-state index contributed by atoms with van der Waals surface area (Å²) in [7, 11) is 0. The maximum atomic E-state index is 13.1. The highest BCUT2D eigenvalue weighted by Crippen LogP contribution is 2.19. The highest BCUT2D eigenvalue weighted by molar-refractivity contribution is 5.81. The molecule has 0 radical (unpaired) electrons. The molecule has 0 aliphatic carbocycles. The molecule has 20 heavy (non-hydrogen) atoms. The number of rotatable bonds is 3. The third-order valence-corrected chi connectivity index (χ3v) is 3.63. The topological polar surface area (TPSA) is 49.8 Å². The van der Waals surface area contributed by atoms with Gasteiger partial charge in [0.15, 0.2) is 6.10 Å². The Balaban J connectivity index is 1.95. The van der Waals surface area contributed by atoms with Gasteiger partial charge in [-0.15, -0.1) is 0 Å². The first kappa shape index (κ1) is 14.8. The second-order valence-electron chi connectivity index (χ2n) is 5.34. The SMILES string of the molecule is CC(Oc1cccc(F)c1)C(=O)N1CCC(O)C(C)C1. The van der Waals surface area contributed by atoms with Crippen molar-refractivity contribution in [3.8, 4) is 5.75 Å². The van der Waals surface area contributed by atoms with Gasteiger partial charge < -0.3 is 14.7 Å². The standard InChI is InChI=1S/C15H20FNO3/c1-10-9-17(7-6-14(10)18)15(19)11(2)20-13-5-3-4-12(16)8-13/h3-5,8,10-11,14,18H,6-7,9H2,1-2H3. The normalized spacial score (nSPS) is 24.3. The van der Waals surface area contributed by atoms with Gasteiger partial charge in [0.25, 0.3) is 5.91 Å². The number of piperidine rings is 1. The fraction of sp³-hybridized carbons (Fsp3) is 0.533. The van der Waals surface area contributed by atoms with E-state index in [2.05, 4.69) is 0 Å². The van der Waals surface area contributed by atoms with Gasteiger partial charge >= 0.3 is 0 Å². The first-order chi connectivity index (χ1) is 9.47. The van der Waals surface area contributed by atoms with Crippen LogP contribution in [0.5, 0.6) is 5.75 Å². The second-order valence-corrected chi connectivity index (χ2v) is 5.34. The molecule has 0 aromatic heterocycles. The first-order valence-electron chi connectivity index (χ1n) is 6.86. The van der Waals surface area contributed by atoms with Gasteiger partial charge in [-0.05, 0) is 31.4 Å². The van der Waals surface area contributed by atoms with Crippen molar-refractivity contribution in [1.82, 2.24) is 4.90 Å². The lowest BCUT2D eigenvalue weighted by atomic mass is 9.96. The number of carbonyl (C=O) groups excluding carboxylic acids is 1. The lowest BCUT2D eigenvalue weighted by molar-refractivity contribution is -0.141. The fourth-order valence-electron chi connectivity index (χ4n) is 2.39. The minimum atomic E-state index is -0.667. The van der Waals surface area contributed by atoms with Crippen LogP contribution in [0.1, 0.15) is 20.3 Å². The van der Waals surface area contributed by atoms with E-state index < -0.39 is 11.9 Å². The molecule has 3 unspecified atom stereocenters. The summed E-state index contributed by atoms with van der Waals surface area (Å²) >= 11 is 0. The maximum Gasteiger partial charge on any atom is 0.263 e. The van der Waals surface area contributed by atoms with Crippen LogP contribution in [0.3, 0.4) is 0 Å². The molecule has 2 rings (SSSR count). The average molecular weight is 281 g/mol. The van der Waals surface area contributed by atoms with Crippen LogP contribution < -0.4 is 4.74 Å². The van der Waals surface area contributed by atoms with Gasteiger partial charge in [-0.25, -0.2) is 4.39 Å². The van der Waals surface area contributed by atoms with Crippen LogP contribution >= 0.6 is 0 Å². The quantitative estimate of drug-likeness (QED) is 0.919. The van der Waals surface area contributed by atoms with E-state index in [1.165, 1.54) is 12.1 Å². The zero-order chi connectivity index (χ0) is 14.7. The Kier molecular flexibility index (Phi) is 4.60. The number of amides is 1. The number of benzene rings is 1. The van der Waals surface area contributed by atoms with E-state index in [1.807, 2.05) is 6.92 Å². The van der Waals surface area contributed by atoms with Crippen LogP contribution in [0.4, 0.5) is 4.39 Å². The molecule has 1 N–H and O–H groups in total. The number of aliphatic hydroxyl groups is 1. The molecule has 110 valence electrons.